The Morgan fingerprint density at radius 1 is 1.43 bits per heavy atom. The van der Waals surface area contributed by atoms with E-state index in [1.54, 1.807) is 6.26 Å². The molecule has 2 fully saturated rings. The van der Waals surface area contributed by atoms with E-state index in [1.165, 1.54) is 19.3 Å². The van der Waals surface area contributed by atoms with Crippen LogP contribution in [-0.4, -0.2) is 5.91 Å². The van der Waals surface area contributed by atoms with Gasteiger partial charge in [-0.3, -0.25) is 4.79 Å². The molecule has 2 atom stereocenters. The lowest BCUT2D eigenvalue weighted by atomic mass is 9.68. The molecule has 14 heavy (non-hydrogen) atoms. The van der Waals surface area contributed by atoms with E-state index < -0.39 is 0 Å². The minimum atomic E-state index is 0.141. The van der Waals surface area contributed by atoms with E-state index in [-0.39, 0.29) is 17.9 Å². The maximum absolute atomic E-state index is 11.4. The molecule has 2 unspecified atom stereocenters. The molecule has 1 aliphatic carbocycles. The van der Waals surface area contributed by atoms with Gasteiger partial charge >= 0.3 is 0 Å². The van der Waals surface area contributed by atoms with Crippen molar-refractivity contribution in [2.24, 2.45) is 11.8 Å². The lowest BCUT2D eigenvalue weighted by molar-refractivity contribution is -0.141. The zero-order valence-corrected chi connectivity index (χ0v) is 7.90. The first-order valence-corrected chi connectivity index (χ1v) is 5.20. The smallest absolute Gasteiger partial charge is 0.226 e. The molecular weight excluding hydrogens is 178 g/mol. The van der Waals surface area contributed by atoms with Crippen molar-refractivity contribution in [3.05, 3.63) is 24.2 Å². The van der Waals surface area contributed by atoms with E-state index in [1.807, 2.05) is 12.1 Å². The molecule has 1 saturated heterocycles. The number of rotatable bonds is 2. The fourth-order valence-corrected chi connectivity index (χ4v) is 2.40. The van der Waals surface area contributed by atoms with Crippen LogP contribution in [-0.2, 0) is 4.79 Å². The molecule has 1 aromatic rings. The third-order valence-electron chi connectivity index (χ3n) is 3.47. The van der Waals surface area contributed by atoms with Gasteiger partial charge in [-0.15, -0.1) is 0 Å². The van der Waals surface area contributed by atoms with Crippen LogP contribution in [0.3, 0.4) is 0 Å². The fraction of sp³-hybridized carbons (Fsp3) is 0.545. The van der Waals surface area contributed by atoms with Crippen molar-refractivity contribution >= 4 is 5.91 Å². The summed E-state index contributed by atoms with van der Waals surface area (Å²) in [4.78, 5) is 11.4. The molecule has 0 aromatic carbocycles. The second-order valence-corrected chi connectivity index (χ2v) is 4.22. The molecular formula is C11H13NO2. The quantitative estimate of drug-likeness (QED) is 0.725. The lowest BCUT2D eigenvalue weighted by Crippen LogP contribution is -2.55. The topological polar surface area (TPSA) is 42.2 Å². The van der Waals surface area contributed by atoms with Crippen LogP contribution in [0.4, 0.5) is 0 Å². The predicted octanol–water partition coefficient (Wildman–Crippen LogP) is 1.87. The Morgan fingerprint density at radius 3 is 2.79 bits per heavy atom. The predicted molar refractivity (Wildman–Crippen MR) is 50.4 cm³/mol. The largest absolute Gasteiger partial charge is 0.467 e. The molecule has 1 aliphatic heterocycles. The van der Waals surface area contributed by atoms with E-state index in [0.717, 1.165) is 5.76 Å². The summed E-state index contributed by atoms with van der Waals surface area (Å²) in [5.41, 5.74) is 0. The van der Waals surface area contributed by atoms with Gasteiger partial charge in [-0.25, -0.2) is 0 Å². The van der Waals surface area contributed by atoms with E-state index in [4.69, 9.17) is 4.42 Å². The van der Waals surface area contributed by atoms with Gasteiger partial charge in [0, 0.05) is 0 Å². The molecule has 2 heterocycles. The Labute approximate surface area is 82.5 Å². The van der Waals surface area contributed by atoms with Gasteiger partial charge in [-0.2, -0.15) is 0 Å². The Balaban J connectivity index is 1.78. The summed E-state index contributed by atoms with van der Waals surface area (Å²) in [6, 6.07) is 3.95. The number of carbonyl (C=O) groups excluding carboxylic acids is 1. The lowest BCUT2D eigenvalue weighted by Gasteiger charge is -2.44. The van der Waals surface area contributed by atoms with Gasteiger partial charge in [0.05, 0.1) is 18.2 Å². The highest BCUT2D eigenvalue weighted by atomic mass is 16.3. The van der Waals surface area contributed by atoms with Crippen LogP contribution in [0.15, 0.2) is 22.8 Å². The molecule has 3 rings (SSSR count). The van der Waals surface area contributed by atoms with Crippen molar-refractivity contribution in [1.29, 1.82) is 0 Å². The van der Waals surface area contributed by atoms with Gasteiger partial charge in [0.1, 0.15) is 5.76 Å². The van der Waals surface area contributed by atoms with Crippen molar-refractivity contribution in [3.63, 3.8) is 0 Å². The van der Waals surface area contributed by atoms with Crippen molar-refractivity contribution < 1.29 is 9.21 Å². The first kappa shape index (κ1) is 8.09. The zero-order valence-electron chi connectivity index (χ0n) is 7.90. The third-order valence-corrected chi connectivity index (χ3v) is 3.47. The van der Waals surface area contributed by atoms with E-state index >= 15 is 0 Å². The summed E-state index contributed by atoms with van der Waals surface area (Å²) < 4.78 is 5.32. The maximum Gasteiger partial charge on any atom is 0.226 e. The molecule has 74 valence electrons. The van der Waals surface area contributed by atoms with Gasteiger partial charge in [0.25, 0.3) is 0 Å². The second kappa shape index (κ2) is 2.87. The number of carbonyl (C=O) groups is 1. The first-order valence-electron chi connectivity index (χ1n) is 5.20. The molecule has 2 aliphatic rings. The number of hydrogen-bond donors (Lipinski definition) is 1. The van der Waals surface area contributed by atoms with Gasteiger partial charge in [-0.05, 0) is 30.9 Å². The summed E-state index contributed by atoms with van der Waals surface area (Å²) in [6.07, 6.45) is 5.35. The van der Waals surface area contributed by atoms with E-state index in [9.17, 15) is 4.79 Å². The highest BCUT2D eigenvalue weighted by Gasteiger charge is 2.48. The summed E-state index contributed by atoms with van der Waals surface area (Å²) >= 11 is 0. The zero-order chi connectivity index (χ0) is 9.54. The molecule has 1 saturated carbocycles. The normalized spacial score (nSPS) is 31.9. The first-order chi connectivity index (χ1) is 6.86. The van der Waals surface area contributed by atoms with Crippen LogP contribution in [0.5, 0.6) is 0 Å². The minimum absolute atomic E-state index is 0.141. The summed E-state index contributed by atoms with van der Waals surface area (Å²) in [6.45, 7) is 0. The summed E-state index contributed by atoms with van der Waals surface area (Å²) in [5, 5.41) is 2.91. The monoisotopic (exact) mass is 191 g/mol. The van der Waals surface area contributed by atoms with Gasteiger partial charge in [-0.1, -0.05) is 6.42 Å². The van der Waals surface area contributed by atoms with Crippen molar-refractivity contribution in [3.8, 4) is 0 Å². The summed E-state index contributed by atoms with van der Waals surface area (Å²) in [5.74, 6) is 1.88. The second-order valence-electron chi connectivity index (χ2n) is 4.22. The molecule has 1 aromatic heterocycles. The number of amides is 1. The van der Waals surface area contributed by atoms with E-state index in [2.05, 4.69) is 5.32 Å². The van der Waals surface area contributed by atoms with Crippen molar-refractivity contribution in [1.82, 2.24) is 5.32 Å². The Kier molecular flexibility index (Phi) is 1.66. The standard InChI is InChI=1S/C11H13NO2/c13-11-9(7-3-1-4-7)10(12-11)8-5-2-6-14-8/h2,5-7,9-10H,1,3-4H2,(H,12,13). The number of furan rings is 1. The molecule has 1 amide bonds. The van der Waals surface area contributed by atoms with Crippen LogP contribution >= 0.6 is 0 Å². The molecule has 3 heteroatoms. The van der Waals surface area contributed by atoms with Crippen LogP contribution in [0.1, 0.15) is 31.1 Å². The minimum Gasteiger partial charge on any atom is -0.467 e. The number of β-lactam (4-membered cyclic amide) rings is 1. The van der Waals surface area contributed by atoms with Gasteiger partial charge in [0.15, 0.2) is 0 Å². The van der Waals surface area contributed by atoms with Gasteiger partial charge < -0.3 is 9.73 Å². The third kappa shape index (κ3) is 1.01. The van der Waals surface area contributed by atoms with E-state index in [0.29, 0.717) is 5.92 Å². The average Bonchev–Trinajstić information content (AvgIpc) is 2.59. The van der Waals surface area contributed by atoms with Crippen LogP contribution in [0.25, 0.3) is 0 Å². The molecule has 3 nitrogen and oxygen atoms in total. The van der Waals surface area contributed by atoms with Gasteiger partial charge in [0.2, 0.25) is 5.91 Å². The Morgan fingerprint density at radius 2 is 2.29 bits per heavy atom. The van der Waals surface area contributed by atoms with Crippen molar-refractivity contribution in [2.45, 2.75) is 25.3 Å². The molecule has 0 spiro atoms. The number of nitrogens with one attached hydrogen (secondary N) is 1. The molecule has 0 bridgehead atoms. The van der Waals surface area contributed by atoms with Crippen LogP contribution in [0.2, 0.25) is 0 Å². The molecule has 1 N–H and O–H groups in total. The van der Waals surface area contributed by atoms with Crippen molar-refractivity contribution in [2.75, 3.05) is 0 Å². The number of hydrogen-bond acceptors (Lipinski definition) is 2. The highest BCUT2D eigenvalue weighted by Crippen LogP contribution is 2.44. The molecule has 0 radical (unpaired) electrons. The fourth-order valence-electron chi connectivity index (χ4n) is 2.40. The Hall–Kier alpha value is -1.25. The average molecular weight is 191 g/mol. The summed E-state index contributed by atoms with van der Waals surface area (Å²) in [7, 11) is 0. The SMILES string of the molecule is O=C1NC(c2ccco2)C1C1CCC1. The van der Waals surface area contributed by atoms with Crippen LogP contribution in [0, 0.1) is 11.8 Å². The van der Waals surface area contributed by atoms with Crippen LogP contribution < -0.4 is 5.32 Å². The maximum atomic E-state index is 11.4. The Bertz CT molecular complexity index is 340. The highest BCUT2D eigenvalue weighted by molar-refractivity contribution is 5.86.